The fraction of sp³-hybridized carbons (Fsp3) is 0.364. The molecule has 88 valence electrons. The molecule has 0 aliphatic heterocycles. The predicted octanol–water partition coefficient (Wildman–Crippen LogP) is 0.946. The highest BCUT2D eigenvalue weighted by Crippen LogP contribution is 2.22. The van der Waals surface area contributed by atoms with Gasteiger partial charge in [0.05, 0.1) is 18.8 Å². The van der Waals surface area contributed by atoms with E-state index in [2.05, 4.69) is 5.32 Å². The van der Waals surface area contributed by atoms with Crippen molar-refractivity contribution in [1.29, 1.82) is 0 Å². The Labute approximate surface area is 93.0 Å². The number of carbonyl (C=O) groups excluding carboxylic acids is 1. The largest absolute Gasteiger partial charge is 0.490 e. The first-order valence-electron chi connectivity index (χ1n) is 5.01. The summed E-state index contributed by atoms with van der Waals surface area (Å²) in [5, 5.41) is 11.0. The predicted molar refractivity (Wildman–Crippen MR) is 57.0 cm³/mol. The first kappa shape index (κ1) is 12.4. The number of halogens is 1. The Balaban J connectivity index is 2.93. The standard InChI is InChI=1S/C11H14FNO3/c1-2-16-10-8(4-3-5-9(10)12)11(15)13-6-7-14/h3-5,14H,2,6-7H2,1H3,(H,13,15). The van der Waals surface area contributed by atoms with Crippen molar-refractivity contribution < 1.29 is 19.0 Å². The van der Waals surface area contributed by atoms with Gasteiger partial charge in [0, 0.05) is 6.54 Å². The summed E-state index contributed by atoms with van der Waals surface area (Å²) in [6.07, 6.45) is 0. The summed E-state index contributed by atoms with van der Waals surface area (Å²) in [6, 6.07) is 4.14. The number of nitrogens with one attached hydrogen (secondary N) is 1. The van der Waals surface area contributed by atoms with Crippen LogP contribution in [0.15, 0.2) is 18.2 Å². The molecule has 4 nitrogen and oxygen atoms in total. The van der Waals surface area contributed by atoms with Gasteiger partial charge in [-0.15, -0.1) is 0 Å². The van der Waals surface area contributed by atoms with Gasteiger partial charge in [0.25, 0.3) is 5.91 Å². The SMILES string of the molecule is CCOc1c(F)cccc1C(=O)NCCO. The van der Waals surface area contributed by atoms with Crippen LogP contribution in [-0.2, 0) is 0 Å². The number of aliphatic hydroxyl groups is 1. The van der Waals surface area contributed by atoms with E-state index in [-0.39, 0.29) is 31.1 Å². The van der Waals surface area contributed by atoms with Crippen LogP contribution in [0.2, 0.25) is 0 Å². The van der Waals surface area contributed by atoms with Crippen molar-refractivity contribution in [2.75, 3.05) is 19.8 Å². The molecule has 0 aliphatic carbocycles. The molecule has 0 saturated heterocycles. The summed E-state index contributed by atoms with van der Waals surface area (Å²) in [6.45, 7) is 1.95. The second-order valence-electron chi connectivity index (χ2n) is 3.03. The molecule has 1 amide bonds. The Morgan fingerprint density at radius 1 is 1.56 bits per heavy atom. The summed E-state index contributed by atoms with van der Waals surface area (Å²) < 4.78 is 18.4. The maximum absolute atomic E-state index is 13.4. The molecular weight excluding hydrogens is 213 g/mol. The van der Waals surface area contributed by atoms with Crippen LogP contribution in [0.5, 0.6) is 5.75 Å². The van der Waals surface area contributed by atoms with Crippen molar-refractivity contribution in [3.8, 4) is 5.75 Å². The quantitative estimate of drug-likeness (QED) is 0.787. The molecule has 0 spiro atoms. The van der Waals surface area contributed by atoms with Gasteiger partial charge in [0.2, 0.25) is 0 Å². The number of hydrogen-bond acceptors (Lipinski definition) is 3. The number of aliphatic hydroxyl groups excluding tert-OH is 1. The van der Waals surface area contributed by atoms with Gasteiger partial charge in [0.1, 0.15) is 0 Å². The van der Waals surface area contributed by atoms with Crippen molar-refractivity contribution in [1.82, 2.24) is 5.32 Å². The first-order chi connectivity index (χ1) is 7.70. The maximum Gasteiger partial charge on any atom is 0.255 e. The van der Waals surface area contributed by atoms with Crippen LogP contribution in [0.25, 0.3) is 0 Å². The lowest BCUT2D eigenvalue weighted by Crippen LogP contribution is -2.27. The minimum Gasteiger partial charge on any atom is -0.490 e. The Morgan fingerprint density at radius 2 is 2.31 bits per heavy atom. The smallest absolute Gasteiger partial charge is 0.255 e. The number of benzene rings is 1. The fourth-order valence-electron chi connectivity index (χ4n) is 1.24. The highest BCUT2D eigenvalue weighted by molar-refractivity contribution is 5.96. The molecule has 1 aromatic rings. The lowest BCUT2D eigenvalue weighted by Gasteiger charge is -2.10. The Hall–Kier alpha value is -1.62. The molecule has 1 rings (SSSR count). The molecule has 0 saturated carbocycles. The zero-order valence-electron chi connectivity index (χ0n) is 9.00. The molecular formula is C11H14FNO3. The second-order valence-corrected chi connectivity index (χ2v) is 3.03. The van der Waals surface area contributed by atoms with Crippen molar-refractivity contribution in [3.63, 3.8) is 0 Å². The summed E-state index contributed by atoms with van der Waals surface area (Å²) >= 11 is 0. The summed E-state index contributed by atoms with van der Waals surface area (Å²) in [7, 11) is 0. The van der Waals surface area contributed by atoms with Crippen LogP contribution in [-0.4, -0.2) is 30.8 Å². The van der Waals surface area contributed by atoms with Crippen LogP contribution in [0.3, 0.4) is 0 Å². The van der Waals surface area contributed by atoms with Gasteiger partial charge in [-0.25, -0.2) is 4.39 Å². The molecule has 5 heteroatoms. The van der Waals surface area contributed by atoms with Gasteiger partial charge in [-0.2, -0.15) is 0 Å². The molecule has 0 radical (unpaired) electrons. The van der Waals surface area contributed by atoms with Crippen molar-refractivity contribution in [2.45, 2.75) is 6.92 Å². The molecule has 1 aromatic carbocycles. The second kappa shape index (κ2) is 6.07. The molecule has 0 heterocycles. The monoisotopic (exact) mass is 227 g/mol. The van der Waals surface area contributed by atoms with E-state index < -0.39 is 11.7 Å². The third-order valence-corrected chi connectivity index (χ3v) is 1.90. The van der Waals surface area contributed by atoms with Gasteiger partial charge in [-0.1, -0.05) is 6.07 Å². The molecule has 0 aliphatic rings. The first-order valence-corrected chi connectivity index (χ1v) is 5.01. The van der Waals surface area contributed by atoms with Gasteiger partial charge in [-0.05, 0) is 19.1 Å². The molecule has 0 unspecified atom stereocenters. The van der Waals surface area contributed by atoms with Crippen molar-refractivity contribution in [2.24, 2.45) is 0 Å². The Morgan fingerprint density at radius 3 is 2.94 bits per heavy atom. The Bertz CT molecular complexity index is 368. The normalized spacial score (nSPS) is 9.94. The average Bonchev–Trinajstić information content (AvgIpc) is 2.29. The Kier molecular flexibility index (Phi) is 4.72. The van der Waals surface area contributed by atoms with Crippen LogP contribution in [0.4, 0.5) is 4.39 Å². The number of ether oxygens (including phenoxy) is 1. The van der Waals surface area contributed by atoms with Crippen LogP contribution >= 0.6 is 0 Å². The van der Waals surface area contributed by atoms with Crippen molar-refractivity contribution >= 4 is 5.91 Å². The highest BCUT2D eigenvalue weighted by atomic mass is 19.1. The van der Waals surface area contributed by atoms with E-state index >= 15 is 0 Å². The summed E-state index contributed by atoms with van der Waals surface area (Å²) in [5.74, 6) is -1.09. The van der Waals surface area contributed by atoms with Gasteiger partial charge in [0.15, 0.2) is 11.6 Å². The number of amides is 1. The zero-order valence-corrected chi connectivity index (χ0v) is 9.00. The molecule has 2 N–H and O–H groups in total. The topological polar surface area (TPSA) is 58.6 Å². The zero-order chi connectivity index (χ0) is 12.0. The average molecular weight is 227 g/mol. The lowest BCUT2D eigenvalue weighted by atomic mass is 10.2. The van der Waals surface area contributed by atoms with Crippen LogP contribution in [0.1, 0.15) is 17.3 Å². The molecule has 0 atom stereocenters. The minimum atomic E-state index is -0.571. The number of carbonyl (C=O) groups is 1. The van der Waals surface area contributed by atoms with Gasteiger partial charge in [-0.3, -0.25) is 4.79 Å². The van der Waals surface area contributed by atoms with Gasteiger partial charge >= 0.3 is 0 Å². The summed E-state index contributed by atoms with van der Waals surface area (Å²) in [4.78, 5) is 11.6. The fourth-order valence-corrected chi connectivity index (χ4v) is 1.24. The van der Waals surface area contributed by atoms with Crippen molar-refractivity contribution in [3.05, 3.63) is 29.6 Å². The number of para-hydroxylation sites is 1. The van der Waals surface area contributed by atoms with Gasteiger partial charge < -0.3 is 15.2 Å². The molecule has 0 fully saturated rings. The van der Waals surface area contributed by atoms with E-state index in [1.165, 1.54) is 18.2 Å². The van der Waals surface area contributed by atoms with Crippen LogP contribution in [0, 0.1) is 5.82 Å². The van der Waals surface area contributed by atoms with E-state index in [0.29, 0.717) is 0 Å². The van der Waals surface area contributed by atoms with Crippen LogP contribution < -0.4 is 10.1 Å². The van der Waals surface area contributed by atoms with E-state index in [9.17, 15) is 9.18 Å². The molecule has 0 bridgehead atoms. The lowest BCUT2D eigenvalue weighted by molar-refractivity contribution is 0.0940. The number of hydrogen-bond donors (Lipinski definition) is 2. The van der Waals surface area contributed by atoms with E-state index in [0.717, 1.165) is 0 Å². The number of rotatable bonds is 5. The third-order valence-electron chi connectivity index (χ3n) is 1.90. The molecule has 0 aromatic heterocycles. The summed E-state index contributed by atoms with van der Waals surface area (Å²) in [5.41, 5.74) is 0.135. The maximum atomic E-state index is 13.4. The minimum absolute atomic E-state index is 0.0551. The van der Waals surface area contributed by atoms with E-state index in [1.54, 1.807) is 6.92 Å². The van der Waals surface area contributed by atoms with E-state index in [4.69, 9.17) is 9.84 Å². The van der Waals surface area contributed by atoms with E-state index in [1.807, 2.05) is 0 Å². The highest BCUT2D eigenvalue weighted by Gasteiger charge is 2.15. The molecule has 16 heavy (non-hydrogen) atoms. The third kappa shape index (κ3) is 2.93.